The molecule has 35 heavy (non-hydrogen) atoms. The van der Waals surface area contributed by atoms with E-state index in [0.29, 0.717) is 62.0 Å². The molecule has 0 radical (unpaired) electrons. The maximum Gasteiger partial charge on any atom is 0.295 e. The monoisotopic (exact) mass is 480 g/mol. The van der Waals surface area contributed by atoms with Crippen LogP contribution in [0.25, 0.3) is 5.76 Å². The molecule has 1 amide bonds. The van der Waals surface area contributed by atoms with Gasteiger partial charge in [-0.05, 0) is 42.3 Å². The van der Waals surface area contributed by atoms with Crippen molar-refractivity contribution in [1.82, 2.24) is 9.80 Å². The molecule has 1 unspecified atom stereocenters. The van der Waals surface area contributed by atoms with Crippen molar-refractivity contribution in [1.29, 1.82) is 0 Å². The summed E-state index contributed by atoms with van der Waals surface area (Å²) in [6.45, 7) is 5.00. The van der Waals surface area contributed by atoms with Crippen LogP contribution in [-0.2, 0) is 14.3 Å². The normalized spacial score (nSPS) is 21.9. The average molecular weight is 481 g/mol. The predicted octanol–water partition coefficient (Wildman–Crippen LogP) is 2.31. The largest absolute Gasteiger partial charge is 0.508 e. The minimum absolute atomic E-state index is 0.0174. The van der Waals surface area contributed by atoms with Crippen LogP contribution < -0.4 is 9.47 Å². The van der Waals surface area contributed by atoms with Crippen molar-refractivity contribution in [3.63, 3.8) is 0 Å². The minimum atomic E-state index is -0.770. The number of amides is 1. The number of aliphatic hydroxyl groups excluding tert-OH is 1. The highest BCUT2D eigenvalue weighted by Crippen LogP contribution is 2.41. The number of Topliss-reactive ketones (excluding diaryl/α,β-unsaturated/α-hetero) is 1. The SMILES string of the molecule is O=C1C(=O)N(CCCN2CCOCC2)C(c2ccc(O)cc2)/C1=C(\O)c1ccc2c(c1)OCCO2. The molecule has 3 aliphatic rings. The molecule has 9 heteroatoms. The van der Waals surface area contributed by atoms with E-state index in [-0.39, 0.29) is 17.1 Å². The van der Waals surface area contributed by atoms with Crippen LogP contribution in [0.4, 0.5) is 0 Å². The third-order valence-corrected chi connectivity index (χ3v) is 6.54. The number of ketones is 1. The number of rotatable bonds is 6. The zero-order chi connectivity index (χ0) is 24.4. The molecule has 2 N–H and O–H groups in total. The summed E-state index contributed by atoms with van der Waals surface area (Å²) in [5.41, 5.74) is 1.01. The lowest BCUT2D eigenvalue weighted by Crippen LogP contribution is -2.38. The van der Waals surface area contributed by atoms with E-state index in [2.05, 4.69) is 4.90 Å². The number of likely N-dealkylation sites (tertiary alicyclic amines) is 1. The van der Waals surface area contributed by atoms with Crippen LogP contribution in [0.15, 0.2) is 48.0 Å². The fourth-order valence-electron chi connectivity index (χ4n) is 4.75. The molecule has 5 rings (SSSR count). The first-order chi connectivity index (χ1) is 17.0. The van der Waals surface area contributed by atoms with Crippen molar-refractivity contribution >= 4 is 17.4 Å². The average Bonchev–Trinajstić information content (AvgIpc) is 3.14. The molecule has 2 saturated heterocycles. The number of nitrogens with zero attached hydrogens (tertiary/aromatic N) is 2. The van der Waals surface area contributed by atoms with Gasteiger partial charge in [-0.15, -0.1) is 0 Å². The van der Waals surface area contributed by atoms with Gasteiger partial charge in [-0.3, -0.25) is 14.5 Å². The van der Waals surface area contributed by atoms with Gasteiger partial charge < -0.3 is 29.3 Å². The molecule has 3 aliphatic heterocycles. The van der Waals surface area contributed by atoms with Gasteiger partial charge in [0.05, 0.1) is 24.8 Å². The van der Waals surface area contributed by atoms with Crippen molar-refractivity contribution in [3.05, 3.63) is 59.2 Å². The molecule has 184 valence electrons. The van der Waals surface area contributed by atoms with Gasteiger partial charge in [-0.25, -0.2) is 0 Å². The van der Waals surface area contributed by atoms with Crippen LogP contribution in [0.2, 0.25) is 0 Å². The molecule has 0 saturated carbocycles. The molecule has 0 spiro atoms. The Labute approximate surface area is 203 Å². The van der Waals surface area contributed by atoms with E-state index < -0.39 is 17.7 Å². The highest BCUT2D eigenvalue weighted by Gasteiger charge is 2.46. The number of phenols is 1. The quantitative estimate of drug-likeness (QED) is 0.368. The Kier molecular flexibility index (Phi) is 6.61. The number of carbonyl (C=O) groups excluding carboxylic acids is 2. The maximum atomic E-state index is 13.2. The summed E-state index contributed by atoms with van der Waals surface area (Å²) < 4.78 is 16.6. The summed E-state index contributed by atoms with van der Waals surface area (Å²) in [5, 5.41) is 21.0. The first kappa shape index (κ1) is 23.2. The molecule has 0 aromatic heterocycles. The summed E-state index contributed by atoms with van der Waals surface area (Å²) in [7, 11) is 0. The lowest BCUT2D eigenvalue weighted by Gasteiger charge is -2.29. The molecular formula is C26H28N2O7. The second-order valence-electron chi connectivity index (χ2n) is 8.75. The first-order valence-corrected chi connectivity index (χ1v) is 11.8. The molecular weight excluding hydrogens is 452 g/mol. The molecule has 0 bridgehead atoms. The highest BCUT2D eigenvalue weighted by atomic mass is 16.6. The lowest BCUT2D eigenvalue weighted by atomic mass is 9.95. The molecule has 2 fully saturated rings. The summed E-state index contributed by atoms with van der Waals surface area (Å²) in [6, 6.07) is 10.5. The second-order valence-corrected chi connectivity index (χ2v) is 8.75. The van der Waals surface area contributed by atoms with E-state index in [0.717, 1.165) is 19.6 Å². The Morgan fingerprint density at radius 2 is 1.63 bits per heavy atom. The Bertz CT molecular complexity index is 1140. The van der Waals surface area contributed by atoms with E-state index in [9.17, 15) is 19.8 Å². The molecule has 2 aromatic rings. The molecule has 1 atom stereocenters. The fourth-order valence-corrected chi connectivity index (χ4v) is 4.75. The maximum absolute atomic E-state index is 13.2. The zero-order valence-corrected chi connectivity index (χ0v) is 19.3. The molecule has 2 aromatic carbocycles. The fraction of sp³-hybridized carbons (Fsp3) is 0.385. The highest BCUT2D eigenvalue weighted by molar-refractivity contribution is 6.46. The Balaban J connectivity index is 1.48. The van der Waals surface area contributed by atoms with Gasteiger partial charge in [0.1, 0.15) is 24.7 Å². The number of benzene rings is 2. The molecule has 0 aliphatic carbocycles. The number of aliphatic hydroxyl groups is 1. The van der Waals surface area contributed by atoms with Crippen molar-refractivity contribution in [2.45, 2.75) is 12.5 Å². The van der Waals surface area contributed by atoms with Crippen LogP contribution in [0.3, 0.4) is 0 Å². The second kappa shape index (κ2) is 9.97. The Hall–Kier alpha value is -3.56. The summed E-state index contributed by atoms with van der Waals surface area (Å²) in [4.78, 5) is 30.1. The van der Waals surface area contributed by atoms with E-state index in [1.54, 1.807) is 30.3 Å². The van der Waals surface area contributed by atoms with E-state index in [4.69, 9.17) is 14.2 Å². The number of ether oxygens (including phenoxy) is 3. The number of carbonyl (C=O) groups is 2. The topological polar surface area (TPSA) is 109 Å². The van der Waals surface area contributed by atoms with Crippen molar-refractivity contribution in [2.24, 2.45) is 0 Å². The third-order valence-electron chi connectivity index (χ3n) is 6.54. The van der Waals surface area contributed by atoms with E-state index >= 15 is 0 Å². The van der Waals surface area contributed by atoms with Gasteiger partial charge in [0.2, 0.25) is 0 Å². The number of aromatic hydroxyl groups is 1. The number of morpholine rings is 1. The van der Waals surface area contributed by atoms with Gasteiger partial charge in [0, 0.05) is 31.7 Å². The molecule has 9 nitrogen and oxygen atoms in total. The van der Waals surface area contributed by atoms with Crippen molar-refractivity contribution < 1.29 is 34.0 Å². The number of hydrogen-bond donors (Lipinski definition) is 2. The van der Waals surface area contributed by atoms with Crippen molar-refractivity contribution in [3.8, 4) is 17.2 Å². The van der Waals surface area contributed by atoms with Crippen molar-refractivity contribution in [2.75, 3.05) is 52.6 Å². The van der Waals surface area contributed by atoms with Crippen LogP contribution in [0, 0.1) is 0 Å². The minimum Gasteiger partial charge on any atom is -0.508 e. The van der Waals surface area contributed by atoms with Gasteiger partial charge >= 0.3 is 0 Å². The van der Waals surface area contributed by atoms with Gasteiger partial charge in [0.25, 0.3) is 11.7 Å². The lowest BCUT2D eigenvalue weighted by molar-refractivity contribution is -0.140. The predicted molar refractivity (Wildman–Crippen MR) is 126 cm³/mol. The van der Waals surface area contributed by atoms with Gasteiger partial charge in [-0.2, -0.15) is 0 Å². The van der Waals surface area contributed by atoms with E-state index in [1.165, 1.54) is 17.0 Å². The zero-order valence-electron chi connectivity index (χ0n) is 19.3. The number of fused-ring (bicyclic) bond motifs is 1. The van der Waals surface area contributed by atoms with Gasteiger partial charge in [-0.1, -0.05) is 12.1 Å². The van der Waals surface area contributed by atoms with Crippen LogP contribution in [0.1, 0.15) is 23.6 Å². The summed E-state index contributed by atoms with van der Waals surface area (Å²) in [5.74, 6) is -0.544. The summed E-state index contributed by atoms with van der Waals surface area (Å²) >= 11 is 0. The van der Waals surface area contributed by atoms with E-state index in [1.807, 2.05) is 0 Å². The van der Waals surface area contributed by atoms with Crippen LogP contribution in [0.5, 0.6) is 17.2 Å². The first-order valence-electron chi connectivity index (χ1n) is 11.8. The standard InChI is InChI=1S/C26H28N2O7/c29-19-5-2-17(3-6-19)23-22(24(30)18-4-7-20-21(16-18)35-15-14-34-20)25(31)26(32)28(23)9-1-8-27-10-12-33-13-11-27/h2-7,16,23,29-30H,1,8-15H2/b24-22+. The third kappa shape index (κ3) is 4.69. The van der Waals surface area contributed by atoms with Crippen LogP contribution >= 0.6 is 0 Å². The number of hydrogen-bond acceptors (Lipinski definition) is 8. The smallest absolute Gasteiger partial charge is 0.295 e. The van der Waals surface area contributed by atoms with Gasteiger partial charge in [0.15, 0.2) is 11.5 Å². The number of phenolic OH excluding ortho intramolecular Hbond substituents is 1. The Morgan fingerprint density at radius 1 is 0.914 bits per heavy atom. The van der Waals surface area contributed by atoms with Crippen LogP contribution in [-0.4, -0.2) is 84.3 Å². The summed E-state index contributed by atoms with van der Waals surface area (Å²) in [6.07, 6.45) is 0.672. The Morgan fingerprint density at radius 3 is 2.37 bits per heavy atom. The molecule has 3 heterocycles.